The van der Waals surface area contributed by atoms with Crippen molar-refractivity contribution in [1.29, 1.82) is 0 Å². The normalized spacial score (nSPS) is 19.7. The van der Waals surface area contributed by atoms with Crippen molar-refractivity contribution in [2.24, 2.45) is 0 Å². The molecular weight excluding hydrogens is 240 g/mol. The van der Waals surface area contributed by atoms with Crippen LogP contribution in [0, 0.1) is 11.6 Å². The molecule has 98 valence electrons. The van der Waals surface area contributed by atoms with Gasteiger partial charge in [0.25, 0.3) is 0 Å². The monoisotopic (exact) mass is 255 g/mol. The number of nitrogens with zero attached hydrogens (tertiary/aromatic N) is 1. The number of carboxylic acid groups (broad SMARTS) is 1. The van der Waals surface area contributed by atoms with Gasteiger partial charge in [0, 0.05) is 6.07 Å². The third kappa shape index (κ3) is 2.10. The first kappa shape index (κ1) is 13.0. The van der Waals surface area contributed by atoms with Crippen molar-refractivity contribution < 1.29 is 18.7 Å². The smallest absolute Gasteiger partial charge is 0.328 e. The molecule has 0 amide bonds. The molecule has 1 atom stereocenters. The molecule has 1 aliphatic heterocycles. The zero-order valence-corrected chi connectivity index (χ0v) is 10.1. The van der Waals surface area contributed by atoms with Gasteiger partial charge in [-0.15, -0.1) is 0 Å². The Bertz CT molecular complexity index is 452. The lowest BCUT2D eigenvalue weighted by Crippen LogP contribution is -2.48. The van der Waals surface area contributed by atoms with E-state index in [1.54, 1.807) is 4.90 Å². The van der Waals surface area contributed by atoms with Crippen LogP contribution in [0.2, 0.25) is 0 Å². The molecule has 1 fully saturated rings. The Morgan fingerprint density at radius 1 is 1.22 bits per heavy atom. The maximum absolute atomic E-state index is 13.3. The summed E-state index contributed by atoms with van der Waals surface area (Å²) in [7, 11) is 0. The molecule has 1 N–H and O–H groups in total. The standard InChI is InChI=1S/C13H15F2NO2/c1-13(12(17)18,16-4-2-3-5-16)9-6-10(14)8-11(15)7-9/h6-8H,2-5H2,1H3,(H,17,18). The summed E-state index contributed by atoms with van der Waals surface area (Å²) in [5.74, 6) is -2.59. The molecule has 18 heavy (non-hydrogen) atoms. The summed E-state index contributed by atoms with van der Waals surface area (Å²) >= 11 is 0. The van der Waals surface area contributed by atoms with Crippen LogP contribution in [0.5, 0.6) is 0 Å². The first-order chi connectivity index (χ1) is 8.44. The Morgan fingerprint density at radius 3 is 2.17 bits per heavy atom. The van der Waals surface area contributed by atoms with E-state index in [0.717, 1.165) is 31.0 Å². The van der Waals surface area contributed by atoms with E-state index >= 15 is 0 Å². The first-order valence-corrected chi connectivity index (χ1v) is 5.89. The predicted octanol–water partition coefficient (Wildman–Crippen LogP) is 2.36. The van der Waals surface area contributed by atoms with Crippen molar-refractivity contribution in [3.63, 3.8) is 0 Å². The van der Waals surface area contributed by atoms with Gasteiger partial charge in [0.05, 0.1) is 0 Å². The molecule has 1 aromatic carbocycles. The minimum Gasteiger partial charge on any atom is -0.480 e. The van der Waals surface area contributed by atoms with Gasteiger partial charge in [0.15, 0.2) is 0 Å². The third-order valence-corrected chi connectivity index (χ3v) is 3.58. The van der Waals surface area contributed by atoms with Gasteiger partial charge >= 0.3 is 5.97 Å². The van der Waals surface area contributed by atoms with Gasteiger partial charge in [-0.3, -0.25) is 4.90 Å². The SMILES string of the molecule is CC(C(=O)O)(c1cc(F)cc(F)c1)N1CCCC1. The molecule has 0 aromatic heterocycles. The number of carbonyl (C=O) groups is 1. The van der Waals surface area contributed by atoms with Gasteiger partial charge in [-0.2, -0.15) is 0 Å². The summed E-state index contributed by atoms with van der Waals surface area (Å²) in [5, 5.41) is 9.44. The molecule has 0 bridgehead atoms. The lowest BCUT2D eigenvalue weighted by atomic mass is 9.90. The van der Waals surface area contributed by atoms with Crippen molar-refractivity contribution in [1.82, 2.24) is 4.90 Å². The molecule has 2 rings (SSSR count). The molecule has 0 saturated carbocycles. The van der Waals surface area contributed by atoms with Gasteiger partial charge in [0.2, 0.25) is 0 Å². The molecule has 1 aliphatic rings. The van der Waals surface area contributed by atoms with E-state index < -0.39 is 23.1 Å². The largest absolute Gasteiger partial charge is 0.480 e. The quantitative estimate of drug-likeness (QED) is 0.901. The lowest BCUT2D eigenvalue weighted by Gasteiger charge is -2.35. The van der Waals surface area contributed by atoms with Crippen LogP contribution in [0.4, 0.5) is 8.78 Å². The number of rotatable bonds is 3. The van der Waals surface area contributed by atoms with Crippen molar-refractivity contribution in [3.8, 4) is 0 Å². The number of hydrogen-bond acceptors (Lipinski definition) is 2. The average Bonchev–Trinajstić information content (AvgIpc) is 2.79. The van der Waals surface area contributed by atoms with Crippen LogP contribution in [-0.4, -0.2) is 29.1 Å². The molecule has 1 heterocycles. The van der Waals surface area contributed by atoms with E-state index in [9.17, 15) is 18.7 Å². The van der Waals surface area contributed by atoms with Gasteiger partial charge in [-0.1, -0.05) is 0 Å². The number of benzene rings is 1. The zero-order chi connectivity index (χ0) is 13.3. The fourth-order valence-electron chi connectivity index (χ4n) is 2.44. The number of aliphatic carboxylic acids is 1. The van der Waals surface area contributed by atoms with Crippen molar-refractivity contribution in [3.05, 3.63) is 35.4 Å². The van der Waals surface area contributed by atoms with Gasteiger partial charge in [0.1, 0.15) is 17.2 Å². The van der Waals surface area contributed by atoms with E-state index in [1.807, 2.05) is 0 Å². The number of likely N-dealkylation sites (tertiary alicyclic amines) is 1. The van der Waals surface area contributed by atoms with E-state index in [0.29, 0.717) is 13.1 Å². The van der Waals surface area contributed by atoms with Gasteiger partial charge in [-0.25, -0.2) is 13.6 Å². The van der Waals surface area contributed by atoms with Gasteiger partial charge in [-0.05, 0) is 50.6 Å². The Morgan fingerprint density at radius 2 is 1.72 bits per heavy atom. The van der Waals surface area contributed by atoms with Crippen molar-refractivity contribution in [2.45, 2.75) is 25.3 Å². The highest BCUT2D eigenvalue weighted by atomic mass is 19.1. The topological polar surface area (TPSA) is 40.5 Å². The second-order valence-corrected chi connectivity index (χ2v) is 4.73. The second kappa shape index (κ2) is 4.65. The predicted molar refractivity (Wildman–Crippen MR) is 62.2 cm³/mol. The molecule has 0 spiro atoms. The Hall–Kier alpha value is -1.49. The van der Waals surface area contributed by atoms with E-state index in [2.05, 4.69) is 0 Å². The lowest BCUT2D eigenvalue weighted by molar-refractivity contribution is -0.150. The highest BCUT2D eigenvalue weighted by Gasteiger charge is 2.42. The van der Waals surface area contributed by atoms with Crippen LogP contribution in [0.1, 0.15) is 25.3 Å². The molecule has 5 heteroatoms. The fraction of sp³-hybridized carbons (Fsp3) is 0.462. The Kier molecular flexibility index (Phi) is 3.34. The molecule has 0 aliphatic carbocycles. The summed E-state index contributed by atoms with van der Waals surface area (Å²) in [6.07, 6.45) is 1.81. The number of carboxylic acids is 1. The van der Waals surface area contributed by atoms with E-state index in [1.165, 1.54) is 6.92 Å². The Balaban J connectivity index is 2.49. The molecule has 0 radical (unpaired) electrons. The summed E-state index contributed by atoms with van der Waals surface area (Å²) in [5.41, 5.74) is -1.23. The van der Waals surface area contributed by atoms with Crippen LogP contribution in [0.25, 0.3) is 0 Å². The number of halogens is 2. The van der Waals surface area contributed by atoms with Crippen LogP contribution in [0.3, 0.4) is 0 Å². The minimum absolute atomic E-state index is 0.148. The summed E-state index contributed by atoms with van der Waals surface area (Å²) < 4.78 is 26.5. The van der Waals surface area contributed by atoms with Crippen LogP contribution in [-0.2, 0) is 10.3 Å². The number of hydrogen-bond donors (Lipinski definition) is 1. The van der Waals surface area contributed by atoms with Gasteiger partial charge < -0.3 is 5.11 Å². The van der Waals surface area contributed by atoms with Crippen molar-refractivity contribution in [2.75, 3.05) is 13.1 Å². The van der Waals surface area contributed by atoms with Crippen LogP contribution < -0.4 is 0 Å². The highest BCUT2D eigenvalue weighted by molar-refractivity contribution is 5.80. The molecule has 1 aromatic rings. The molecule has 3 nitrogen and oxygen atoms in total. The average molecular weight is 255 g/mol. The van der Waals surface area contributed by atoms with Crippen LogP contribution >= 0.6 is 0 Å². The summed E-state index contributed by atoms with van der Waals surface area (Å²) in [6.45, 7) is 2.75. The minimum atomic E-state index is -1.38. The fourth-order valence-corrected chi connectivity index (χ4v) is 2.44. The van der Waals surface area contributed by atoms with E-state index in [4.69, 9.17) is 0 Å². The zero-order valence-electron chi connectivity index (χ0n) is 10.1. The van der Waals surface area contributed by atoms with Crippen LogP contribution in [0.15, 0.2) is 18.2 Å². The Labute approximate surface area is 104 Å². The third-order valence-electron chi connectivity index (χ3n) is 3.58. The maximum Gasteiger partial charge on any atom is 0.328 e. The molecular formula is C13H15F2NO2. The molecule has 1 saturated heterocycles. The summed E-state index contributed by atoms with van der Waals surface area (Å²) in [4.78, 5) is 13.3. The highest BCUT2D eigenvalue weighted by Crippen LogP contribution is 2.32. The first-order valence-electron chi connectivity index (χ1n) is 5.89. The van der Waals surface area contributed by atoms with E-state index in [-0.39, 0.29) is 5.56 Å². The van der Waals surface area contributed by atoms with Crippen molar-refractivity contribution >= 4 is 5.97 Å². The second-order valence-electron chi connectivity index (χ2n) is 4.73. The summed E-state index contributed by atoms with van der Waals surface area (Å²) in [6, 6.07) is 2.93. The molecule has 1 unspecified atom stereocenters. The maximum atomic E-state index is 13.3.